The highest BCUT2D eigenvalue weighted by atomic mass is 16.5. The van der Waals surface area contributed by atoms with E-state index in [0.29, 0.717) is 36.8 Å². The molecule has 0 spiro atoms. The van der Waals surface area contributed by atoms with Crippen LogP contribution in [-0.2, 0) is 0 Å². The van der Waals surface area contributed by atoms with E-state index in [1.807, 2.05) is 59.5 Å². The predicted molar refractivity (Wildman–Crippen MR) is 129 cm³/mol. The van der Waals surface area contributed by atoms with Gasteiger partial charge in [0.2, 0.25) is 5.95 Å². The van der Waals surface area contributed by atoms with Crippen LogP contribution in [-0.4, -0.2) is 59.0 Å². The molecule has 33 heavy (non-hydrogen) atoms. The van der Waals surface area contributed by atoms with Crippen molar-refractivity contribution in [2.75, 3.05) is 43.5 Å². The number of para-hydroxylation sites is 4. The van der Waals surface area contributed by atoms with Crippen LogP contribution in [0.4, 0.5) is 17.5 Å². The minimum atomic E-state index is -0.0352. The number of H-pyrrole nitrogens is 1. The quantitative estimate of drug-likeness (QED) is 0.485. The Labute approximate surface area is 192 Å². The number of aromatic amines is 1. The molecule has 0 radical (unpaired) electrons. The van der Waals surface area contributed by atoms with E-state index in [1.165, 1.54) is 0 Å². The van der Waals surface area contributed by atoms with Crippen LogP contribution in [0.2, 0.25) is 0 Å². The first kappa shape index (κ1) is 20.8. The van der Waals surface area contributed by atoms with Gasteiger partial charge in [0.1, 0.15) is 11.6 Å². The maximum absolute atomic E-state index is 13.5. The number of imidazole rings is 1. The maximum atomic E-state index is 13.5. The standard InChI is InChI=1S/C25H26N6O2/c1-33-22-12-5-4-11-21(22)27-23-18(8-6-13-26-23)24(32)30-14-7-15-31(17-16-30)25-28-19-9-2-3-10-20(19)29-25/h2-6,8-13H,7,14-17H2,1H3,(H,26,27)(H,28,29). The normalized spacial score (nSPS) is 14.2. The van der Waals surface area contributed by atoms with Crippen LogP contribution >= 0.6 is 0 Å². The first-order valence-corrected chi connectivity index (χ1v) is 11.1. The summed E-state index contributed by atoms with van der Waals surface area (Å²) in [7, 11) is 1.62. The summed E-state index contributed by atoms with van der Waals surface area (Å²) < 4.78 is 5.43. The van der Waals surface area contributed by atoms with Gasteiger partial charge < -0.3 is 24.8 Å². The monoisotopic (exact) mass is 442 g/mol. The Bertz CT molecular complexity index is 1240. The van der Waals surface area contributed by atoms with Gasteiger partial charge in [-0.1, -0.05) is 24.3 Å². The highest BCUT2D eigenvalue weighted by molar-refractivity contribution is 5.99. The number of amides is 1. The smallest absolute Gasteiger partial charge is 0.257 e. The van der Waals surface area contributed by atoms with Gasteiger partial charge in [-0.05, 0) is 42.8 Å². The van der Waals surface area contributed by atoms with Crippen molar-refractivity contribution in [3.63, 3.8) is 0 Å². The van der Waals surface area contributed by atoms with Gasteiger partial charge in [-0.25, -0.2) is 9.97 Å². The van der Waals surface area contributed by atoms with E-state index < -0.39 is 0 Å². The van der Waals surface area contributed by atoms with Crippen molar-refractivity contribution in [3.05, 3.63) is 72.4 Å². The fourth-order valence-electron chi connectivity index (χ4n) is 4.14. The number of rotatable bonds is 5. The summed E-state index contributed by atoms with van der Waals surface area (Å²) >= 11 is 0. The van der Waals surface area contributed by atoms with Crippen LogP contribution in [0.15, 0.2) is 66.9 Å². The average molecular weight is 443 g/mol. The highest BCUT2D eigenvalue weighted by Crippen LogP contribution is 2.28. The number of hydrogen-bond acceptors (Lipinski definition) is 6. The number of methoxy groups -OCH3 is 1. The van der Waals surface area contributed by atoms with Crippen LogP contribution in [0, 0.1) is 0 Å². The average Bonchev–Trinajstić information content (AvgIpc) is 3.14. The molecule has 0 atom stereocenters. The molecule has 2 N–H and O–H groups in total. The Morgan fingerprint density at radius 1 is 1.00 bits per heavy atom. The van der Waals surface area contributed by atoms with Gasteiger partial charge in [0, 0.05) is 32.4 Å². The molecule has 0 unspecified atom stereocenters. The summed E-state index contributed by atoms with van der Waals surface area (Å²) in [5.74, 6) is 2.03. The molecule has 4 aromatic rings. The Morgan fingerprint density at radius 2 is 1.85 bits per heavy atom. The minimum Gasteiger partial charge on any atom is -0.495 e. The molecule has 5 rings (SSSR count). The SMILES string of the molecule is COc1ccccc1Nc1ncccc1C(=O)N1CCCN(c2nc3ccccc3[nH]2)CC1. The number of carbonyl (C=O) groups is 1. The number of aromatic nitrogens is 3. The van der Waals surface area contributed by atoms with Crippen molar-refractivity contribution in [2.45, 2.75) is 6.42 Å². The molecule has 1 saturated heterocycles. The lowest BCUT2D eigenvalue weighted by molar-refractivity contribution is 0.0767. The zero-order valence-electron chi connectivity index (χ0n) is 18.5. The Morgan fingerprint density at radius 3 is 2.73 bits per heavy atom. The van der Waals surface area contributed by atoms with Crippen molar-refractivity contribution < 1.29 is 9.53 Å². The fraction of sp³-hybridized carbons (Fsp3) is 0.240. The number of carbonyl (C=O) groups excluding carboxylic acids is 1. The van der Waals surface area contributed by atoms with Gasteiger partial charge in [0.15, 0.2) is 0 Å². The summed E-state index contributed by atoms with van der Waals surface area (Å²) in [5.41, 5.74) is 3.28. The molecule has 1 amide bonds. The van der Waals surface area contributed by atoms with E-state index >= 15 is 0 Å². The molecule has 1 aliphatic heterocycles. The van der Waals surface area contributed by atoms with Crippen LogP contribution in [0.5, 0.6) is 5.75 Å². The van der Waals surface area contributed by atoms with Crippen molar-refractivity contribution in [1.29, 1.82) is 0 Å². The minimum absolute atomic E-state index is 0.0352. The molecule has 0 saturated carbocycles. The zero-order valence-corrected chi connectivity index (χ0v) is 18.5. The van der Waals surface area contributed by atoms with E-state index in [2.05, 4.69) is 20.2 Å². The lowest BCUT2D eigenvalue weighted by Crippen LogP contribution is -2.35. The summed E-state index contributed by atoms with van der Waals surface area (Å²) in [6, 6.07) is 19.2. The van der Waals surface area contributed by atoms with Crippen molar-refractivity contribution in [3.8, 4) is 5.75 Å². The van der Waals surface area contributed by atoms with Gasteiger partial charge in [-0.2, -0.15) is 0 Å². The van der Waals surface area contributed by atoms with Gasteiger partial charge in [-0.3, -0.25) is 4.79 Å². The van der Waals surface area contributed by atoms with Crippen LogP contribution in [0.1, 0.15) is 16.8 Å². The number of anilines is 3. The van der Waals surface area contributed by atoms with Crippen molar-refractivity contribution in [1.82, 2.24) is 19.9 Å². The number of pyridine rings is 1. The lowest BCUT2D eigenvalue weighted by Gasteiger charge is -2.23. The first-order valence-electron chi connectivity index (χ1n) is 11.1. The van der Waals surface area contributed by atoms with E-state index in [-0.39, 0.29) is 5.91 Å². The largest absolute Gasteiger partial charge is 0.495 e. The maximum Gasteiger partial charge on any atom is 0.257 e. The molecule has 2 aromatic carbocycles. The Balaban J connectivity index is 1.33. The Kier molecular flexibility index (Phi) is 5.80. The number of fused-ring (bicyclic) bond motifs is 1. The van der Waals surface area contributed by atoms with Crippen molar-refractivity contribution >= 4 is 34.4 Å². The number of nitrogens with zero attached hydrogens (tertiary/aromatic N) is 4. The second-order valence-corrected chi connectivity index (χ2v) is 7.94. The van der Waals surface area contributed by atoms with Crippen LogP contribution in [0.3, 0.4) is 0 Å². The molecule has 3 heterocycles. The summed E-state index contributed by atoms with van der Waals surface area (Å²) in [6.07, 6.45) is 2.54. The third-order valence-electron chi connectivity index (χ3n) is 5.86. The fourth-order valence-corrected chi connectivity index (χ4v) is 4.14. The molecule has 0 bridgehead atoms. The molecule has 2 aromatic heterocycles. The number of benzene rings is 2. The van der Waals surface area contributed by atoms with Crippen LogP contribution in [0.25, 0.3) is 11.0 Å². The van der Waals surface area contributed by atoms with E-state index in [9.17, 15) is 4.79 Å². The predicted octanol–water partition coefficient (Wildman–Crippen LogP) is 4.06. The topological polar surface area (TPSA) is 86.4 Å². The molecular formula is C25H26N6O2. The number of ether oxygens (including phenoxy) is 1. The number of nitrogens with one attached hydrogen (secondary N) is 2. The van der Waals surface area contributed by atoms with E-state index in [4.69, 9.17) is 9.72 Å². The van der Waals surface area contributed by atoms with Crippen LogP contribution < -0.4 is 15.0 Å². The van der Waals surface area contributed by atoms with Gasteiger partial charge in [-0.15, -0.1) is 0 Å². The lowest BCUT2D eigenvalue weighted by atomic mass is 10.2. The third kappa shape index (κ3) is 4.32. The third-order valence-corrected chi connectivity index (χ3v) is 5.86. The zero-order chi connectivity index (χ0) is 22.6. The molecule has 1 fully saturated rings. The summed E-state index contributed by atoms with van der Waals surface area (Å²) in [6.45, 7) is 2.83. The molecular weight excluding hydrogens is 416 g/mol. The highest BCUT2D eigenvalue weighted by Gasteiger charge is 2.24. The summed E-state index contributed by atoms with van der Waals surface area (Å²) in [5, 5.41) is 3.27. The van der Waals surface area contributed by atoms with Gasteiger partial charge >= 0.3 is 0 Å². The number of hydrogen-bond donors (Lipinski definition) is 2. The molecule has 168 valence electrons. The Hall–Kier alpha value is -4.07. The first-order chi connectivity index (χ1) is 16.2. The molecule has 8 nitrogen and oxygen atoms in total. The molecule has 1 aliphatic rings. The van der Waals surface area contributed by atoms with Gasteiger partial charge in [0.05, 0.1) is 29.4 Å². The second-order valence-electron chi connectivity index (χ2n) is 7.94. The van der Waals surface area contributed by atoms with Gasteiger partial charge in [0.25, 0.3) is 5.91 Å². The molecule has 8 heteroatoms. The summed E-state index contributed by atoms with van der Waals surface area (Å²) in [4.78, 5) is 30.1. The molecule has 0 aliphatic carbocycles. The van der Waals surface area contributed by atoms with E-state index in [1.54, 1.807) is 19.4 Å². The van der Waals surface area contributed by atoms with Crippen molar-refractivity contribution in [2.24, 2.45) is 0 Å². The second kappa shape index (κ2) is 9.20. The van der Waals surface area contributed by atoms with E-state index in [0.717, 1.165) is 35.6 Å².